The van der Waals surface area contributed by atoms with E-state index in [-0.39, 0.29) is 39.7 Å². The first-order chi connectivity index (χ1) is 24.4. The molecule has 2 unspecified atom stereocenters. The number of Topliss-reactive ketones (excluding diaryl/α,β-unsaturated/α-hetero) is 1. The zero-order valence-corrected chi connectivity index (χ0v) is 26.2. The van der Waals surface area contributed by atoms with E-state index in [1.807, 2.05) is 0 Å². The highest BCUT2D eigenvalue weighted by molar-refractivity contribution is 6.09. The summed E-state index contributed by atoms with van der Waals surface area (Å²) in [4.78, 5) is 28.4. The molecular formula is C36H30O15. The Morgan fingerprint density at radius 2 is 1.39 bits per heavy atom. The standard InChI is InChI=1S/C36H30O15/c37-13-25-30(44)32(46)33(47)36(51-25)50-24-12-21(43)26-20(42)11-22(14-1-5-16(38)6-2-14)48-35(26)28(24)29-31(45)27-19(41)9-18(40)10-23(27)49-34(29)15-3-7-17(39)8-4-15/h1-12,25,29-30,32-34,36-41,43-44,46-47H,13H2/t25-,29?,30-,32+,33-,34?,36-/m1/s1. The van der Waals surface area contributed by atoms with E-state index in [2.05, 4.69) is 0 Å². The van der Waals surface area contributed by atoms with Crippen LogP contribution in [0.15, 0.2) is 82.0 Å². The SMILES string of the molecule is O=C1c2c(O)cc(O)cc2OC(c2ccc(O)cc2)C1c1c(O[C@@H]2O[C@H](CO)[C@@H](O)[C@H](O)[C@H]2O)cc(O)c2c(=O)cc(-c3ccc(O)cc3)oc12. The summed E-state index contributed by atoms with van der Waals surface area (Å²) in [6.07, 6.45) is -10.2. The maximum atomic E-state index is 14.7. The first-order valence-corrected chi connectivity index (χ1v) is 15.5. The number of aliphatic hydroxyl groups excluding tert-OH is 4. The molecule has 2 aliphatic heterocycles. The largest absolute Gasteiger partial charge is 0.508 e. The third-order valence-corrected chi connectivity index (χ3v) is 8.91. The Bertz CT molecular complexity index is 2190. The number of carbonyl (C=O) groups is 1. The second-order valence-corrected chi connectivity index (χ2v) is 12.2. The highest BCUT2D eigenvalue weighted by Gasteiger charge is 2.48. The first-order valence-electron chi connectivity index (χ1n) is 15.5. The van der Waals surface area contributed by atoms with E-state index in [0.29, 0.717) is 5.56 Å². The van der Waals surface area contributed by atoms with E-state index in [1.54, 1.807) is 0 Å². The molecule has 264 valence electrons. The fourth-order valence-corrected chi connectivity index (χ4v) is 6.39. The Balaban J connectivity index is 1.53. The molecule has 1 saturated heterocycles. The molecule has 2 aliphatic rings. The number of aliphatic hydroxyl groups is 4. The summed E-state index contributed by atoms with van der Waals surface area (Å²) in [5.74, 6) is -5.16. The fourth-order valence-electron chi connectivity index (χ4n) is 6.39. The molecule has 15 heteroatoms. The lowest BCUT2D eigenvalue weighted by atomic mass is 9.79. The average molecular weight is 703 g/mol. The predicted molar refractivity (Wildman–Crippen MR) is 174 cm³/mol. The highest BCUT2D eigenvalue weighted by Crippen LogP contribution is 2.52. The number of benzene rings is 4. The smallest absolute Gasteiger partial charge is 0.229 e. The van der Waals surface area contributed by atoms with Gasteiger partial charge in [0.25, 0.3) is 0 Å². The van der Waals surface area contributed by atoms with Gasteiger partial charge in [-0.1, -0.05) is 12.1 Å². The minimum absolute atomic E-state index is 0.0725. The number of phenolic OH excluding ortho intramolecular Hbond substituents is 5. The van der Waals surface area contributed by atoms with Gasteiger partial charge in [0.05, 0.1) is 18.1 Å². The van der Waals surface area contributed by atoms with E-state index in [0.717, 1.165) is 24.3 Å². The summed E-state index contributed by atoms with van der Waals surface area (Å²) >= 11 is 0. The Labute approximate surface area is 286 Å². The Morgan fingerprint density at radius 3 is 2.06 bits per heavy atom. The van der Waals surface area contributed by atoms with Crippen molar-refractivity contribution in [2.75, 3.05) is 6.61 Å². The maximum absolute atomic E-state index is 14.7. The van der Waals surface area contributed by atoms with Crippen LogP contribution in [0.4, 0.5) is 0 Å². The quantitative estimate of drug-likeness (QED) is 0.123. The molecule has 0 aliphatic carbocycles. The molecule has 1 aromatic heterocycles. The first kappa shape index (κ1) is 33.6. The molecule has 0 amide bonds. The van der Waals surface area contributed by atoms with Crippen molar-refractivity contribution in [3.63, 3.8) is 0 Å². The maximum Gasteiger partial charge on any atom is 0.229 e. The molecule has 0 radical (unpaired) electrons. The van der Waals surface area contributed by atoms with Gasteiger partial charge in [0.15, 0.2) is 11.2 Å². The van der Waals surface area contributed by atoms with Crippen LogP contribution >= 0.6 is 0 Å². The van der Waals surface area contributed by atoms with E-state index in [4.69, 9.17) is 18.6 Å². The van der Waals surface area contributed by atoms with Crippen molar-refractivity contribution in [3.8, 4) is 51.6 Å². The number of hydrogen-bond donors (Lipinski definition) is 9. The van der Waals surface area contributed by atoms with Crippen molar-refractivity contribution in [2.24, 2.45) is 0 Å². The molecule has 1 fully saturated rings. The molecule has 4 aromatic carbocycles. The van der Waals surface area contributed by atoms with Crippen molar-refractivity contribution in [3.05, 3.63) is 99.7 Å². The lowest BCUT2D eigenvalue weighted by molar-refractivity contribution is -0.277. The fraction of sp³-hybridized carbons (Fsp3) is 0.222. The van der Waals surface area contributed by atoms with Crippen LogP contribution in [0.1, 0.15) is 33.5 Å². The van der Waals surface area contributed by atoms with Gasteiger partial charge in [-0.25, -0.2) is 0 Å². The Hall–Kier alpha value is -5.84. The van der Waals surface area contributed by atoms with Crippen LogP contribution in [0.5, 0.6) is 40.2 Å². The highest BCUT2D eigenvalue weighted by atomic mass is 16.7. The minimum atomic E-state index is -1.94. The van der Waals surface area contributed by atoms with Crippen LogP contribution in [0.3, 0.4) is 0 Å². The summed E-state index contributed by atoms with van der Waals surface area (Å²) in [7, 11) is 0. The average Bonchev–Trinajstić information content (AvgIpc) is 3.09. The second kappa shape index (κ2) is 12.8. The van der Waals surface area contributed by atoms with E-state index in [9.17, 15) is 55.5 Å². The number of carbonyl (C=O) groups excluding carboxylic acids is 1. The van der Waals surface area contributed by atoms with Gasteiger partial charge in [-0.05, 0) is 42.0 Å². The van der Waals surface area contributed by atoms with Gasteiger partial charge in [-0.2, -0.15) is 0 Å². The lowest BCUT2D eigenvalue weighted by Gasteiger charge is -2.40. The van der Waals surface area contributed by atoms with Crippen molar-refractivity contribution < 1.29 is 69.4 Å². The second-order valence-electron chi connectivity index (χ2n) is 12.2. The topological polar surface area (TPSA) is 257 Å². The summed E-state index contributed by atoms with van der Waals surface area (Å²) in [5, 5.41) is 93.3. The number of ketones is 1. The Morgan fingerprint density at radius 1 is 0.725 bits per heavy atom. The molecule has 7 atom stereocenters. The van der Waals surface area contributed by atoms with Crippen LogP contribution in [-0.4, -0.2) is 89.1 Å². The van der Waals surface area contributed by atoms with Crippen molar-refractivity contribution in [2.45, 2.75) is 42.7 Å². The number of rotatable bonds is 6. The molecule has 9 N–H and O–H groups in total. The van der Waals surface area contributed by atoms with Gasteiger partial charge in [0.2, 0.25) is 6.29 Å². The molecule has 7 rings (SSSR count). The van der Waals surface area contributed by atoms with Crippen LogP contribution in [0.2, 0.25) is 0 Å². The third kappa shape index (κ3) is 5.82. The van der Waals surface area contributed by atoms with E-state index in [1.165, 1.54) is 48.5 Å². The number of hydrogen-bond acceptors (Lipinski definition) is 15. The molecule has 5 aromatic rings. The van der Waals surface area contributed by atoms with E-state index >= 15 is 0 Å². The summed E-state index contributed by atoms with van der Waals surface area (Å²) in [6, 6.07) is 15.1. The predicted octanol–water partition coefficient (Wildman–Crippen LogP) is 2.27. The minimum Gasteiger partial charge on any atom is -0.508 e. The number of ether oxygens (including phenoxy) is 3. The van der Waals surface area contributed by atoms with Gasteiger partial charge >= 0.3 is 0 Å². The molecule has 0 spiro atoms. The zero-order chi connectivity index (χ0) is 36.3. The van der Waals surface area contributed by atoms with Gasteiger partial charge < -0.3 is 64.6 Å². The van der Waals surface area contributed by atoms with Crippen LogP contribution in [0, 0.1) is 0 Å². The molecule has 3 heterocycles. The molecular weight excluding hydrogens is 672 g/mol. The van der Waals surface area contributed by atoms with Gasteiger partial charge in [0.1, 0.15) is 93.1 Å². The summed E-state index contributed by atoms with van der Waals surface area (Å²) < 4.78 is 24.1. The van der Waals surface area contributed by atoms with Gasteiger partial charge in [0, 0.05) is 29.8 Å². The van der Waals surface area contributed by atoms with Gasteiger partial charge in [-0.15, -0.1) is 0 Å². The van der Waals surface area contributed by atoms with Crippen LogP contribution in [-0.2, 0) is 4.74 Å². The van der Waals surface area contributed by atoms with Crippen LogP contribution < -0.4 is 14.9 Å². The van der Waals surface area contributed by atoms with Crippen molar-refractivity contribution >= 4 is 16.8 Å². The molecule has 15 nitrogen and oxygen atoms in total. The third-order valence-electron chi connectivity index (χ3n) is 8.91. The van der Waals surface area contributed by atoms with Crippen LogP contribution in [0.25, 0.3) is 22.3 Å². The molecule has 0 saturated carbocycles. The molecule has 0 bridgehead atoms. The van der Waals surface area contributed by atoms with Gasteiger partial charge in [-0.3, -0.25) is 9.59 Å². The monoisotopic (exact) mass is 702 g/mol. The van der Waals surface area contributed by atoms with Crippen molar-refractivity contribution in [1.29, 1.82) is 0 Å². The summed E-state index contributed by atoms with van der Waals surface area (Å²) in [6.45, 7) is -0.799. The normalized spacial score (nSPS) is 24.5. The van der Waals surface area contributed by atoms with Crippen molar-refractivity contribution in [1.82, 2.24) is 0 Å². The number of fused-ring (bicyclic) bond motifs is 2. The summed E-state index contributed by atoms with van der Waals surface area (Å²) in [5.41, 5.74) is -1.23. The Kier molecular flexibility index (Phi) is 8.45. The number of aromatic hydroxyl groups is 5. The van der Waals surface area contributed by atoms with E-state index < -0.39 is 94.5 Å². The number of phenols is 5. The zero-order valence-electron chi connectivity index (χ0n) is 26.2. The molecule has 51 heavy (non-hydrogen) atoms. The lowest BCUT2D eigenvalue weighted by Crippen LogP contribution is -2.60.